The molecule has 2 aromatic carbocycles. The Kier molecular flexibility index (Phi) is 5.48. The molecule has 0 spiro atoms. The summed E-state index contributed by atoms with van der Waals surface area (Å²) in [7, 11) is 5.69. The summed E-state index contributed by atoms with van der Waals surface area (Å²) in [6.45, 7) is 1.40. The van der Waals surface area contributed by atoms with E-state index in [0.717, 1.165) is 22.9 Å². The van der Waals surface area contributed by atoms with E-state index in [2.05, 4.69) is 29.6 Å². The molecule has 0 unspecified atom stereocenters. The third-order valence-corrected chi connectivity index (χ3v) is 3.56. The monoisotopic (exact) mass is 304 g/mol. The summed E-state index contributed by atoms with van der Waals surface area (Å²) in [5.74, 6) is 0. The van der Waals surface area contributed by atoms with Crippen LogP contribution in [-0.2, 0) is 17.9 Å². The standard InChI is InChI=1S/C17H21ClN2O/c1-20(2)17-15(18)5-4-6-16(17)19-11-13-7-9-14(10-8-13)12-21-3/h4-10,19H,11-12H2,1-3H3. The minimum absolute atomic E-state index is 0.646. The third kappa shape index (κ3) is 4.13. The van der Waals surface area contributed by atoms with Gasteiger partial charge < -0.3 is 15.0 Å². The molecule has 0 amide bonds. The van der Waals surface area contributed by atoms with Crippen molar-refractivity contribution >= 4 is 23.0 Å². The number of anilines is 2. The van der Waals surface area contributed by atoms with E-state index in [1.807, 2.05) is 37.2 Å². The smallest absolute Gasteiger partial charge is 0.0786 e. The summed E-state index contributed by atoms with van der Waals surface area (Å²) in [4.78, 5) is 2.02. The molecule has 0 aliphatic carbocycles. The average Bonchev–Trinajstić information content (AvgIpc) is 2.46. The zero-order valence-electron chi connectivity index (χ0n) is 12.7. The molecule has 2 rings (SSSR count). The van der Waals surface area contributed by atoms with E-state index in [1.165, 1.54) is 11.1 Å². The predicted octanol–water partition coefficient (Wildman–Crippen LogP) is 4.16. The van der Waals surface area contributed by atoms with Crippen LogP contribution in [0.4, 0.5) is 11.4 Å². The number of nitrogens with one attached hydrogen (secondary N) is 1. The van der Waals surface area contributed by atoms with Crippen molar-refractivity contribution in [2.45, 2.75) is 13.2 Å². The molecule has 3 nitrogen and oxygen atoms in total. The van der Waals surface area contributed by atoms with Crippen molar-refractivity contribution in [1.82, 2.24) is 0 Å². The SMILES string of the molecule is COCc1ccc(CNc2cccc(Cl)c2N(C)C)cc1. The number of methoxy groups -OCH3 is 1. The van der Waals surface area contributed by atoms with Gasteiger partial charge in [-0.3, -0.25) is 0 Å². The number of nitrogens with zero attached hydrogens (tertiary/aromatic N) is 1. The zero-order valence-corrected chi connectivity index (χ0v) is 13.4. The first-order valence-corrected chi connectivity index (χ1v) is 7.26. The maximum absolute atomic E-state index is 6.27. The van der Waals surface area contributed by atoms with Crippen LogP contribution in [0.3, 0.4) is 0 Å². The lowest BCUT2D eigenvalue weighted by molar-refractivity contribution is 0.185. The molecule has 0 atom stereocenters. The molecule has 2 aromatic rings. The lowest BCUT2D eigenvalue weighted by Gasteiger charge is -2.20. The highest BCUT2D eigenvalue weighted by atomic mass is 35.5. The van der Waals surface area contributed by atoms with Gasteiger partial charge in [0, 0.05) is 27.7 Å². The van der Waals surface area contributed by atoms with Crippen LogP contribution in [0.5, 0.6) is 0 Å². The van der Waals surface area contributed by atoms with Crippen LogP contribution < -0.4 is 10.2 Å². The molecule has 112 valence electrons. The maximum Gasteiger partial charge on any atom is 0.0786 e. The van der Waals surface area contributed by atoms with E-state index < -0.39 is 0 Å². The summed E-state index contributed by atoms with van der Waals surface area (Å²) in [6.07, 6.45) is 0. The Balaban J connectivity index is 2.08. The van der Waals surface area contributed by atoms with Crippen LogP contribution in [0, 0.1) is 0 Å². The van der Waals surface area contributed by atoms with Crippen molar-refractivity contribution in [1.29, 1.82) is 0 Å². The fraction of sp³-hybridized carbons (Fsp3) is 0.294. The lowest BCUT2D eigenvalue weighted by Crippen LogP contribution is -2.12. The van der Waals surface area contributed by atoms with Crippen molar-refractivity contribution < 1.29 is 4.74 Å². The minimum atomic E-state index is 0.646. The third-order valence-electron chi connectivity index (χ3n) is 3.25. The van der Waals surface area contributed by atoms with Crippen molar-refractivity contribution in [3.63, 3.8) is 0 Å². The van der Waals surface area contributed by atoms with Gasteiger partial charge in [-0.15, -0.1) is 0 Å². The fourth-order valence-electron chi connectivity index (χ4n) is 2.23. The van der Waals surface area contributed by atoms with E-state index in [-0.39, 0.29) is 0 Å². The molecule has 0 bridgehead atoms. The minimum Gasteiger partial charge on any atom is -0.380 e. The Morgan fingerprint density at radius 2 is 1.71 bits per heavy atom. The van der Waals surface area contributed by atoms with Crippen molar-refractivity contribution in [3.05, 3.63) is 58.6 Å². The van der Waals surface area contributed by atoms with Gasteiger partial charge in [0.2, 0.25) is 0 Å². The molecule has 0 heterocycles. The molecule has 0 fully saturated rings. The van der Waals surface area contributed by atoms with Crippen molar-refractivity contribution in [2.75, 3.05) is 31.4 Å². The highest BCUT2D eigenvalue weighted by molar-refractivity contribution is 6.34. The summed E-state index contributed by atoms with van der Waals surface area (Å²) >= 11 is 6.27. The topological polar surface area (TPSA) is 24.5 Å². The Hall–Kier alpha value is -1.71. The van der Waals surface area contributed by atoms with Crippen LogP contribution >= 0.6 is 11.6 Å². The highest BCUT2D eigenvalue weighted by Crippen LogP contribution is 2.32. The van der Waals surface area contributed by atoms with Gasteiger partial charge in [0.1, 0.15) is 0 Å². The van der Waals surface area contributed by atoms with Crippen LogP contribution in [0.15, 0.2) is 42.5 Å². The van der Waals surface area contributed by atoms with Gasteiger partial charge in [-0.1, -0.05) is 41.9 Å². The number of hydrogen-bond acceptors (Lipinski definition) is 3. The van der Waals surface area contributed by atoms with Crippen LogP contribution in [0.25, 0.3) is 0 Å². The Bertz CT molecular complexity index is 582. The Morgan fingerprint density at radius 1 is 1.05 bits per heavy atom. The van der Waals surface area contributed by atoms with Gasteiger partial charge in [-0.2, -0.15) is 0 Å². The van der Waals surface area contributed by atoms with E-state index in [9.17, 15) is 0 Å². The summed E-state index contributed by atoms with van der Waals surface area (Å²) < 4.78 is 5.12. The zero-order chi connectivity index (χ0) is 15.2. The van der Waals surface area contributed by atoms with Crippen LogP contribution in [-0.4, -0.2) is 21.2 Å². The Labute approximate surface area is 131 Å². The Morgan fingerprint density at radius 3 is 2.33 bits per heavy atom. The van der Waals surface area contributed by atoms with Crippen molar-refractivity contribution in [3.8, 4) is 0 Å². The molecule has 0 aliphatic heterocycles. The van der Waals surface area contributed by atoms with Gasteiger partial charge in [0.15, 0.2) is 0 Å². The van der Waals surface area contributed by atoms with Gasteiger partial charge in [-0.25, -0.2) is 0 Å². The summed E-state index contributed by atoms with van der Waals surface area (Å²) in [5, 5.41) is 4.20. The second-order valence-corrected chi connectivity index (χ2v) is 5.54. The van der Waals surface area contributed by atoms with Gasteiger partial charge in [0.25, 0.3) is 0 Å². The van der Waals surface area contributed by atoms with Crippen LogP contribution in [0.1, 0.15) is 11.1 Å². The van der Waals surface area contributed by atoms with Gasteiger partial charge in [-0.05, 0) is 23.3 Å². The first kappa shape index (κ1) is 15.7. The molecule has 0 saturated carbocycles. The molecular formula is C17H21ClN2O. The molecular weight excluding hydrogens is 284 g/mol. The van der Waals surface area contributed by atoms with E-state index in [0.29, 0.717) is 6.61 Å². The molecule has 21 heavy (non-hydrogen) atoms. The van der Waals surface area contributed by atoms with Crippen molar-refractivity contribution in [2.24, 2.45) is 0 Å². The number of para-hydroxylation sites is 1. The molecule has 0 aromatic heterocycles. The summed E-state index contributed by atoms with van der Waals surface area (Å²) in [5.41, 5.74) is 4.45. The highest BCUT2D eigenvalue weighted by Gasteiger charge is 2.08. The lowest BCUT2D eigenvalue weighted by atomic mass is 10.1. The predicted molar refractivity (Wildman–Crippen MR) is 90.3 cm³/mol. The fourth-order valence-corrected chi connectivity index (χ4v) is 2.57. The second kappa shape index (κ2) is 7.34. The normalized spacial score (nSPS) is 10.5. The molecule has 0 saturated heterocycles. The first-order chi connectivity index (χ1) is 10.1. The van der Waals surface area contributed by atoms with Gasteiger partial charge in [0.05, 0.1) is 23.0 Å². The quantitative estimate of drug-likeness (QED) is 0.867. The first-order valence-electron chi connectivity index (χ1n) is 6.88. The number of ether oxygens (including phenoxy) is 1. The van der Waals surface area contributed by atoms with E-state index >= 15 is 0 Å². The number of halogens is 1. The number of hydrogen-bond donors (Lipinski definition) is 1. The molecule has 4 heteroatoms. The largest absolute Gasteiger partial charge is 0.380 e. The second-order valence-electron chi connectivity index (χ2n) is 5.13. The molecule has 1 N–H and O–H groups in total. The molecule has 0 aliphatic rings. The summed E-state index contributed by atoms with van der Waals surface area (Å²) in [6, 6.07) is 14.3. The number of rotatable bonds is 6. The van der Waals surface area contributed by atoms with E-state index in [1.54, 1.807) is 7.11 Å². The van der Waals surface area contributed by atoms with Gasteiger partial charge >= 0.3 is 0 Å². The average molecular weight is 305 g/mol. The maximum atomic E-state index is 6.27. The van der Waals surface area contributed by atoms with E-state index in [4.69, 9.17) is 16.3 Å². The number of benzene rings is 2. The van der Waals surface area contributed by atoms with Crippen LogP contribution in [0.2, 0.25) is 5.02 Å². The molecule has 0 radical (unpaired) electrons.